The van der Waals surface area contributed by atoms with E-state index >= 15 is 0 Å². The molecule has 0 aliphatic carbocycles. The molecule has 2 aromatic heterocycles. The number of hydrogen-bond donors (Lipinski definition) is 1. The van der Waals surface area contributed by atoms with E-state index in [1.807, 2.05) is 42.2 Å². The number of nitrogens with one attached hydrogen (secondary N) is 1. The molecule has 2 aromatic carbocycles. The summed E-state index contributed by atoms with van der Waals surface area (Å²) in [7, 11) is 0. The van der Waals surface area contributed by atoms with Gasteiger partial charge in [-0.3, -0.25) is 23.9 Å². The minimum Gasteiger partial charge on any atom is -0.454 e. The maximum Gasteiger partial charge on any atom is 0.262 e. The van der Waals surface area contributed by atoms with Gasteiger partial charge in [0, 0.05) is 69.8 Å². The number of rotatable bonds is 10. The minimum atomic E-state index is -0.502. The van der Waals surface area contributed by atoms with Crippen LogP contribution in [0.5, 0.6) is 11.5 Å². The smallest absolute Gasteiger partial charge is 0.262 e. The summed E-state index contributed by atoms with van der Waals surface area (Å²) < 4.78 is 12.5. The van der Waals surface area contributed by atoms with E-state index in [-0.39, 0.29) is 37.1 Å². The normalized spacial score (nSPS) is 14.9. The van der Waals surface area contributed by atoms with Gasteiger partial charge >= 0.3 is 0 Å². The Hall–Kier alpha value is -4.58. The number of anilines is 1. The van der Waals surface area contributed by atoms with Crippen LogP contribution in [-0.2, 0) is 22.7 Å². The molecule has 44 heavy (non-hydrogen) atoms. The summed E-state index contributed by atoms with van der Waals surface area (Å²) in [5, 5.41) is 3.22. The second-order valence-electron chi connectivity index (χ2n) is 10.6. The van der Waals surface area contributed by atoms with E-state index in [9.17, 15) is 14.4 Å². The van der Waals surface area contributed by atoms with E-state index in [2.05, 4.69) is 27.3 Å². The molecule has 0 saturated carbocycles. The van der Waals surface area contributed by atoms with E-state index in [1.165, 1.54) is 16.3 Å². The van der Waals surface area contributed by atoms with Crippen molar-refractivity contribution in [3.63, 3.8) is 0 Å². The Morgan fingerprint density at radius 2 is 1.80 bits per heavy atom. The third kappa shape index (κ3) is 6.49. The van der Waals surface area contributed by atoms with Crippen LogP contribution >= 0.6 is 11.8 Å². The Morgan fingerprint density at radius 3 is 2.52 bits per heavy atom. The maximum atomic E-state index is 13.9. The highest BCUT2D eigenvalue weighted by Gasteiger charge is 2.26. The van der Waals surface area contributed by atoms with E-state index < -0.39 is 5.25 Å². The molecule has 1 N–H and O–H groups in total. The summed E-state index contributed by atoms with van der Waals surface area (Å²) in [6.45, 7) is 5.18. The van der Waals surface area contributed by atoms with Gasteiger partial charge in [-0.15, -0.1) is 0 Å². The van der Waals surface area contributed by atoms with Crippen molar-refractivity contribution in [2.45, 2.75) is 43.3 Å². The fourth-order valence-electron chi connectivity index (χ4n) is 5.35. The van der Waals surface area contributed by atoms with Crippen molar-refractivity contribution in [2.24, 2.45) is 0 Å². The van der Waals surface area contributed by atoms with Gasteiger partial charge in [-0.2, -0.15) is 0 Å². The van der Waals surface area contributed by atoms with Crippen LogP contribution < -0.4 is 25.2 Å². The predicted molar refractivity (Wildman–Crippen MR) is 168 cm³/mol. The molecule has 0 radical (unpaired) electrons. The van der Waals surface area contributed by atoms with Gasteiger partial charge in [-0.05, 0) is 36.2 Å². The minimum absolute atomic E-state index is 0.0207. The summed E-state index contributed by atoms with van der Waals surface area (Å²) in [6.07, 6.45) is 4.05. The van der Waals surface area contributed by atoms with E-state index in [0.29, 0.717) is 53.6 Å². The Bertz CT molecular complexity index is 1690. The number of fused-ring (bicyclic) bond motifs is 2. The monoisotopic (exact) mass is 614 g/mol. The number of para-hydroxylation sites is 1. The average Bonchev–Trinajstić information content (AvgIpc) is 3.53. The molecule has 1 saturated heterocycles. The first kappa shape index (κ1) is 29.5. The number of benzene rings is 2. The molecule has 1 fully saturated rings. The van der Waals surface area contributed by atoms with E-state index in [4.69, 9.17) is 14.5 Å². The first-order valence-electron chi connectivity index (χ1n) is 14.8. The lowest BCUT2D eigenvalue weighted by atomic mass is 10.2. The molecule has 4 heterocycles. The number of thioether (sulfide) groups is 1. The fourth-order valence-corrected chi connectivity index (χ4v) is 6.42. The first-order valence-corrected chi connectivity index (χ1v) is 15.6. The Balaban J connectivity index is 1.20. The van der Waals surface area contributed by atoms with Gasteiger partial charge < -0.3 is 24.6 Å². The number of aromatic nitrogens is 3. The SMILES string of the molecule is CC[C@@H](Sc1nc2cc3c(cc2c(=O)n1CCC(=O)N1CCN(c2ccccc2)CC1)OCO3)C(=O)NCc1cccnc1. The molecular formula is C32H34N6O5S. The van der Waals surface area contributed by atoms with Crippen LogP contribution in [0.4, 0.5) is 5.69 Å². The van der Waals surface area contributed by atoms with Gasteiger partial charge in [0.25, 0.3) is 5.56 Å². The zero-order chi connectivity index (χ0) is 30.5. The maximum absolute atomic E-state index is 13.9. The number of nitrogens with zero attached hydrogens (tertiary/aromatic N) is 5. The largest absolute Gasteiger partial charge is 0.454 e. The summed E-state index contributed by atoms with van der Waals surface area (Å²) in [6, 6.07) is 17.2. The van der Waals surface area contributed by atoms with Crippen molar-refractivity contribution in [2.75, 3.05) is 37.9 Å². The Morgan fingerprint density at radius 1 is 1.02 bits per heavy atom. The first-order chi connectivity index (χ1) is 21.5. The summed E-state index contributed by atoms with van der Waals surface area (Å²) in [5.41, 5.74) is 2.20. The average molecular weight is 615 g/mol. The Labute approximate surface area is 259 Å². The van der Waals surface area contributed by atoms with Gasteiger partial charge in [0.1, 0.15) is 0 Å². The molecule has 0 spiro atoms. The van der Waals surface area contributed by atoms with Crippen molar-refractivity contribution in [1.29, 1.82) is 0 Å². The number of ether oxygens (including phenoxy) is 2. The second kappa shape index (κ2) is 13.4. The van der Waals surface area contributed by atoms with Crippen molar-refractivity contribution in [3.05, 3.63) is 82.9 Å². The molecule has 11 nitrogen and oxygen atoms in total. The lowest BCUT2D eigenvalue weighted by Crippen LogP contribution is -2.49. The summed E-state index contributed by atoms with van der Waals surface area (Å²) >= 11 is 1.23. The fraction of sp³-hybridized carbons (Fsp3) is 0.344. The zero-order valence-corrected chi connectivity index (χ0v) is 25.3. The predicted octanol–water partition coefficient (Wildman–Crippen LogP) is 3.45. The van der Waals surface area contributed by atoms with Crippen LogP contribution in [-0.4, -0.2) is 69.5 Å². The number of carbonyl (C=O) groups is 2. The van der Waals surface area contributed by atoms with Crippen LogP contribution in [0.2, 0.25) is 0 Å². The molecule has 6 rings (SSSR count). The van der Waals surface area contributed by atoms with Crippen LogP contribution in [0.1, 0.15) is 25.3 Å². The molecule has 228 valence electrons. The summed E-state index contributed by atoms with van der Waals surface area (Å²) in [4.78, 5) is 53.4. The van der Waals surface area contributed by atoms with Crippen LogP contribution in [0, 0.1) is 0 Å². The topological polar surface area (TPSA) is 119 Å². The van der Waals surface area contributed by atoms with Crippen molar-refractivity contribution in [3.8, 4) is 11.5 Å². The molecule has 12 heteroatoms. The van der Waals surface area contributed by atoms with Crippen molar-refractivity contribution >= 4 is 40.2 Å². The van der Waals surface area contributed by atoms with Crippen LogP contribution in [0.15, 0.2) is 76.9 Å². The number of pyridine rings is 1. The number of carbonyl (C=O) groups excluding carboxylic acids is 2. The summed E-state index contributed by atoms with van der Waals surface area (Å²) in [5.74, 6) is 0.814. The van der Waals surface area contributed by atoms with Gasteiger partial charge in [-0.25, -0.2) is 4.98 Å². The van der Waals surface area contributed by atoms with Crippen molar-refractivity contribution < 1.29 is 19.1 Å². The number of hydrogen-bond acceptors (Lipinski definition) is 9. The molecular weight excluding hydrogens is 580 g/mol. The van der Waals surface area contributed by atoms with Gasteiger partial charge in [0.15, 0.2) is 16.7 Å². The molecule has 2 aliphatic rings. The number of piperazine rings is 1. The van der Waals surface area contributed by atoms with E-state index in [0.717, 1.165) is 24.3 Å². The quantitative estimate of drug-likeness (QED) is 0.212. The zero-order valence-electron chi connectivity index (χ0n) is 24.5. The molecule has 4 aromatic rings. The highest BCUT2D eigenvalue weighted by molar-refractivity contribution is 8.00. The van der Waals surface area contributed by atoms with Crippen molar-refractivity contribution in [1.82, 2.24) is 24.8 Å². The standard InChI is InChI=1S/C32H34N6O5S/c1-2-28(30(40)34-20-22-7-6-11-33-19-22)44-32-35-25-18-27-26(42-21-43-27)17-24(25)31(41)38(32)12-10-29(39)37-15-13-36(14-16-37)23-8-4-3-5-9-23/h3-9,11,17-19,28H,2,10,12-16,20-21H2,1H3,(H,34,40)/t28-/m1/s1. The highest BCUT2D eigenvalue weighted by atomic mass is 32.2. The lowest BCUT2D eigenvalue weighted by molar-refractivity contribution is -0.131. The third-order valence-corrected chi connectivity index (χ3v) is 9.17. The Kier molecular flexibility index (Phi) is 8.96. The van der Waals surface area contributed by atoms with Gasteiger partial charge in [0.05, 0.1) is 16.2 Å². The third-order valence-electron chi connectivity index (χ3n) is 7.82. The van der Waals surface area contributed by atoms with E-state index in [1.54, 1.807) is 24.5 Å². The number of amides is 2. The molecule has 0 unspecified atom stereocenters. The molecule has 1 atom stereocenters. The van der Waals surface area contributed by atoms with Gasteiger partial charge in [-0.1, -0.05) is 43.0 Å². The van der Waals surface area contributed by atoms with Crippen LogP contribution in [0.25, 0.3) is 10.9 Å². The molecule has 2 aliphatic heterocycles. The lowest BCUT2D eigenvalue weighted by Gasteiger charge is -2.36. The highest BCUT2D eigenvalue weighted by Crippen LogP contribution is 2.35. The molecule has 2 amide bonds. The van der Waals surface area contributed by atoms with Crippen LogP contribution in [0.3, 0.4) is 0 Å². The molecule has 0 bridgehead atoms. The van der Waals surface area contributed by atoms with Gasteiger partial charge in [0.2, 0.25) is 18.6 Å². The second-order valence-corrected chi connectivity index (χ2v) is 11.8.